The van der Waals surface area contributed by atoms with Crippen LogP contribution in [0.2, 0.25) is 0 Å². The molecule has 2 N–H and O–H groups in total. The Morgan fingerprint density at radius 1 is 1.25 bits per heavy atom. The van der Waals surface area contributed by atoms with Crippen molar-refractivity contribution in [2.75, 3.05) is 6.61 Å². The van der Waals surface area contributed by atoms with Crippen molar-refractivity contribution in [3.63, 3.8) is 0 Å². The van der Waals surface area contributed by atoms with Gasteiger partial charge in [0.05, 0.1) is 12.6 Å². The van der Waals surface area contributed by atoms with Crippen molar-refractivity contribution in [3.05, 3.63) is 63.1 Å². The molecule has 1 heterocycles. The zero-order valence-corrected chi connectivity index (χ0v) is 13.1. The van der Waals surface area contributed by atoms with Gasteiger partial charge in [-0.25, -0.2) is 0 Å². The molecular weight excluding hydrogens is 314 g/mol. The quantitative estimate of drug-likeness (QED) is 0.897. The molecule has 1 unspecified atom stereocenters. The van der Waals surface area contributed by atoms with Crippen molar-refractivity contribution in [3.8, 4) is 5.75 Å². The lowest BCUT2D eigenvalue weighted by Crippen LogP contribution is -2.15. The van der Waals surface area contributed by atoms with Gasteiger partial charge < -0.3 is 10.5 Å². The fraction of sp³-hybridized carbons (Fsp3) is 0.294. The van der Waals surface area contributed by atoms with Crippen LogP contribution < -0.4 is 10.5 Å². The van der Waals surface area contributed by atoms with Crippen molar-refractivity contribution in [1.82, 2.24) is 0 Å². The van der Waals surface area contributed by atoms with Crippen molar-refractivity contribution in [2.45, 2.75) is 25.8 Å². The van der Waals surface area contributed by atoms with Crippen LogP contribution in [0, 0.1) is 6.92 Å². The third-order valence-electron chi connectivity index (χ3n) is 3.85. The average Bonchev–Trinajstić information content (AvgIpc) is 2.49. The van der Waals surface area contributed by atoms with E-state index in [-0.39, 0.29) is 6.04 Å². The van der Waals surface area contributed by atoms with E-state index >= 15 is 0 Å². The van der Waals surface area contributed by atoms with Gasteiger partial charge in [0.2, 0.25) is 0 Å². The molecule has 0 fully saturated rings. The summed E-state index contributed by atoms with van der Waals surface area (Å²) in [5.74, 6) is 1.01. The van der Waals surface area contributed by atoms with Gasteiger partial charge >= 0.3 is 0 Å². The number of rotatable bonds is 2. The van der Waals surface area contributed by atoms with E-state index in [9.17, 15) is 0 Å². The predicted octanol–water partition coefficient (Wildman–Crippen LogP) is 4.13. The Labute approximate surface area is 128 Å². The van der Waals surface area contributed by atoms with Gasteiger partial charge in [0.15, 0.2) is 0 Å². The highest BCUT2D eigenvalue weighted by molar-refractivity contribution is 9.10. The number of ether oxygens (including phenoxy) is 1. The molecule has 3 rings (SSSR count). The summed E-state index contributed by atoms with van der Waals surface area (Å²) in [5.41, 5.74) is 11.2. The Morgan fingerprint density at radius 3 is 2.95 bits per heavy atom. The summed E-state index contributed by atoms with van der Waals surface area (Å²) >= 11 is 3.65. The van der Waals surface area contributed by atoms with Crippen LogP contribution in [0.3, 0.4) is 0 Å². The monoisotopic (exact) mass is 331 g/mol. The van der Waals surface area contributed by atoms with E-state index in [1.54, 1.807) is 0 Å². The van der Waals surface area contributed by atoms with Crippen molar-refractivity contribution < 1.29 is 4.74 Å². The Hall–Kier alpha value is -1.32. The minimum absolute atomic E-state index is 0.114. The molecule has 20 heavy (non-hydrogen) atoms. The summed E-state index contributed by atoms with van der Waals surface area (Å²) in [6.45, 7) is 2.91. The second-order valence-electron chi connectivity index (χ2n) is 5.27. The molecule has 0 saturated heterocycles. The molecule has 1 aliphatic rings. The third kappa shape index (κ3) is 2.48. The fourth-order valence-corrected chi connectivity index (χ4v) is 3.17. The van der Waals surface area contributed by atoms with Crippen molar-refractivity contribution >= 4 is 15.9 Å². The molecule has 1 atom stereocenters. The van der Waals surface area contributed by atoms with Gasteiger partial charge in [0.25, 0.3) is 0 Å². The maximum absolute atomic E-state index is 6.45. The fourth-order valence-electron chi connectivity index (χ4n) is 2.66. The van der Waals surface area contributed by atoms with E-state index in [1.165, 1.54) is 11.1 Å². The zero-order chi connectivity index (χ0) is 14.1. The maximum Gasteiger partial charge on any atom is 0.122 e. The lowest BCUT2D eigenvalue weighted by Gasteiger charge is -2.21. The van der Waals surface area contributed by atoms with Gasteiger partial charge in [-0.2, -0.15) is 0 Å². The molecule has 3 heteroatoms. The van der Waals surface area contributed by atoms with Gasteiger partial charge in [-0.1, -0.05) is 46.3 Å². The largest absolute Gasteiger partial charge is 0.493 e. The molecule has 0 radical (unpaired) electrons. The van der Waals surface area contributed by atoms with Gasteiger partial charge in [-0.3, -0.25) is 0 Å². The van der Waals surface area contributed by atoms with Crippen LogP contribution in [0.25, 0.3) is 0 Å². The van der Waals surface area contributed by atoms with E-state index in [4.69, 9.17) is 10.5 Å². The van der Waals surface area contributed by atoms with Gasteiger partial charge in [0.1, 0.15) is 5.75 Å². The molecule has 104 valence electrons. The first kappa shape index (κ1) is 13.7. The molecule has 0 aliphatic carbocycles. The Bertz CT molecular complexity index is 639. The molecule has 0 aromatic heterocycles. The Balaban J connectivity index is 1.98. The second-order valence-corrected chi connectivity index (χ2v) is 6.07. The minimum atomic E-state index is -0.114. The first-order valence-corrected chi connectivity index (χ1v) is 7.72. The van der Waals surface area contributed by atoms with E-state index in [0.717, 1.165) is 40.8 Å². The van der Waals surface area contributed by atoms with E-state index in [1.807, 2.05) is 6.07 Å². The molecule has 0 saturated carbocycles. The Morgan fingerprint density at radius 2 is 2.10 bits per heavy atom. The van der Waals surface area contributed by atoms with E-state index < -0.39 is 0 Å². The van der Waals surface area contributed by atoms with Crippen LogP contribution in [-0.2, 0) is 6.42 Å². The number of fused-ring (bicyclic) bond motifs is 1. The smallest absolute Gasteiger partial charge is 0.122 e. The SMILES string of the molecule is Cc1cccc(C(N)c2ccc3c(c2)CCCO3)c1Br. The minimum Gasteiger partial charge on any atom is -0.493 e. The maximum atomic E-state index is 6.45. The summed E-state index contributed by atoms with van der Waals surface area (Å²) in [7, 11) is 0. The standard InChI is InChI=1S/C17H18BrNO/c1-11-4-2-6-14(16(11)18)17(19)13-7-8-15-12(10-13)5-3-9-20-15/h2,4,6-8,10,17H,3,5,9,19H2,1H3. The number of nitrogens with two attached hydrogens (primary N) is 1. The molecule has 2 nitrogen and oxygen atoms in total. The van der Waals surface area contributed by atoms with Crippen molar-refractivity contribution in [2.24, 2.45) is 5.73 Å². The van der Waals surface area contributed by atoms with Gasteiger partial charge in [-0.05, 0) is 48.1 Å². The second kappa shape index (κ2) is 5.58. The molecule has 1 aliphatic heterocycles. The average molecular weight is 332 g/mol. The molecule has 2 aromatic carbocycles. The number of hydrogen-bond acceptors (Lipinski definition) is 2. The molecule has 0 spiro atoms. The number of hydrogen-bond donors (Lipinski definition) is 1. The first-order chi connectivity index (χ1) is 9.66. The lowest BCUT2D eigenvalue weighted by molar-refractivity contribution is 0.288. The highest BCUT2D eigenvalue weighted by Gasteiger charge is 2.16. The molecule has 0 bridgehead atoms. The van der Waals surface area contributed by atoms with Crippen LogP contribution in [0.5, 0.6) is 5.75 Å². The first-order valence-electron chi connectivity index (χ1n) is 6.93. The lowest BCUT2D eigenvalue weighted by atomic mass is 9.95. The van der Waals surface area contributed by atoms with Crippen LogP contribution in [0.1, 0.15) is 34.7 Å². The van der Waals surface area contributed by atoms with Gasteiger partial charge in [-0.15, -0.1) is 0 Å². The normalized spacial score (nSPS) is 15.3. The van der Waals surface area contributed by atoms with Crippen LogP contribution in [0.15, 0.2) is 40.9 Å². The van der Waals surface area contributed by atoms with Crippen LogP contribution in [-0.4, -0.2) is 6.61 Å². The molecule has 0 amide bonds. The summed E-state index contributed by atoms with van der Waals surface area (Å²) in [6.07, 6.45) is 2.16. The molecule has 2 aromatic rings. The Kier molecular flexibility index (Phi) is 3.81. The van der Waals surface area contributed by atoms with E-state index in [2.05, 4.69) is 53.2 Å². The summed E-state index contributed by atoms with van der Waals surface area (Å²) in [6, 6.07) is 12.4. The highest BCUT2D eigenvalue weighted by Crippen LogP contribution is 2.32. The topological polar surface area (TPSA) is 35.2 Å². The van der Waals surface area contributed by atoms with Crippen LogP contribution in [0.4, 0.5) is 0 Å². The number of halogens is 1. The number of benzene rings is 2. The van der Waals surface area contributed by atoms with Crippen LogP contribution >= 0.6 is 15.9 Å². The highest BCUT2D eigenvalue weighted by atomic mass is 79.9. The molecular formula is C17H18BrNO. The number of aryl methyl sites for hydroxylation is 2. The summed E-state index contributed by atoms with van der Waals surface area (Å²) < 4.78 is 6.76. The van der Waals surface area contributed by atoms with Crippen molar-refractivity contribution in [1.29, 1.82) is 0 Å². The van der Waals surface area contributed by atoms with E-state index in [0.29, 0.717) is 0 Å². The third-order valence-corrected chi connectivity index (χ3v) is 4.93. The van der Waals surface area contributed by atoms with Gasteiger partial charge in [0, 0.05) is 4.47 Å². The zero-order valence-electron chi connectivity index (χ0n) is 11.5. The predicted molar refractivity (Wildman–Crippen MR) is 85.2 cm³/mol. The summed E-state index contributed by atoms with van der Waals surface area (Å²) in [5, 5.41) is 0. The summed E-state index contributed by atoms with van der Waals surface area (Å²) in [4.78, 5) is 0.